The van der Waals surface area contributed by atoms with Crippen LogP contribution in [0.5, 0.6) is 0 Å². The molecular formula is C17H16F9N5O3. The topological polar surface area (TPSA) is 82.4 Å². The smallest absolute Gasteiger partial charge is 0.382 e. The van der Waals surface area contributed by atoms with Gasteiger partial charge in [-0.25, -0.2) is 4.79 Å². The van der Waals surface area contributed by atoms with E-state index in [0.29, 0.717) is 0 Å². The fourth-order valence-corrected chi connectivity index (χ4v) is 2.50. The number of hydrogen-bond acceptors (Lipinski definition) is 6. The number of tetrazole rings is 1. The molecule has 2 rings (SSSR count). The van der Waals surface area contributed by atoms with E-state index in [1.165, 1.54) is 7.11 Å². The van der Waals surface area contributed by atoms with Crippen molar-refractivity contribution >= 4 is 6.03 Å². The van der Waals surface area contributed by atoms with Gasteiger partial charge in [0.05, 0.1) is 30.9 Å². The molecule has 17 heteroatoms. The summed E-state index contributed by atoms with van der Waals surface area (Å²) in [7, 11) is 1.36. The van der Waals surface area contributed by atoms with E-state index in [2.05, 4.69) is 15.4 Å². The maximum Gasteiger partial charge on any atom is 0.416 e. The normalized spacial score (nSPS) is 12.8. The highest BCUT2D eigenvalue weighted by Crippen LogP contribution is 2.38. The first kappa shape index (κ1) is 27.3. The Labute approximate surface area is 185 Å². The summed E-state index contributed by atoms with van der Waals surface area (Å²) in [6, 6.07) is -1.03. The average molecular weight is 509 g/mol. The minimum atomic E-state index is -5.16. The molecule has 0 N–H and O–H groups in total. The van der Waals surface area contributed by atoms with Gasteiger partial charge < -0.3 is 14.4 Å². The zero-order valence-electron chi connectivity index (χ0n) is 17.1. The molecule has 0 atom stereocenters. The molecule has 0 bridgehead atoms. The molecule has 0 aliphatic rings. The highest BCUT2D eigenvalue weighted by molar-refractivity contribution is 5.75. The molecule has 0 aliphatic carbocycles. The van der Waals surface area contributed by atoms with Crippen molar-refractivity contribution < 1.29 is 53.8 Å². The largest absolute Gasteiger partial charge is 0.416 e. The number of carbonyl (C=O) groups is 1. The fourth-order valence-electron chi connectivity index (χ4n) is 2.50. The first-order valence-electron chi connectivity index (χ1n) is 9.14. The van der Waals surface area contributed by atoms with Gasteiger partial charge in [0.25, 0.3) is 0 Å². The maximum absolute atomic E-state index is 13.0. The minimum Gasteiger partial charge on any atom is -0.382 e. The number of amides is 1. The van der Waals surface area contributed by atoms with Gasteiger partial charge in [0.2, 0.25) is 5.82 Å². The number of ether oxygens (including phenoxy) is 2. The molecule has 190 valence electrons. The predicted octanol–water partition coefficient (Wildman–Crippen LogP) is 3.87. The highest BCUT2D eigenvalue weighted by atomic mass is 19.4. The van der Waals surface area contributed by atoms with Gasteiger partial charge in [-0.05, 0) is 23.4 Å². The molecule has 0 unspecified atom stereocenters. The number of methoxy groups -OCH3 is 1. The van der Waals surface area contributed by atoms with E-state index in [4.69, 9.17) is 9.47 Å². The van der Waals surface area contributed by atoms with Gasteiger partial charge in [0, 0.05) is 19.2 Å². The molecule has 0 aliphatic heterocycles. The number of rotatable bonds is 8. The summed E-state index contributed by atoms with van der Waals surface area (Å²) in [6.45, 7) is -2.51. The quantitative estimate of drug-likeness (QED) is 0.397. The van der Waals surface area contributed by atoms with E-state index < -0.39 is 60.2 Å². The van der Waals surface area contributed by atoms with Crippen molar-refractivity contribution in [3.05, 3.63) is 29.3 Å². The monoisotopic (exact) mass is 509 g/mol. The van der Waals surface area contributed by atoms with Crippen LogP contribution in [0.25, 0.3) is 11.4 Å². The molecule has 0 saturated heterocycles. The van der Waals surface area contributed by atoms with Crippen LogP contribution in [0, 0.1) is 0 Å². The Morgan fingerprint density at radius 2 is 1.53 bits per heavy atom. The number of alkyl halides is 9. The Balaban J connectivity index is 2.33. The van der Waals surface area contributed by atoms with Gasteiger partial charge in [-0.15, -0.1) is 10.2 Å². The van der Waals surface area contributed by atoms with Gasteiger partial charge in [0.15, 0.2) is 0 Å². The maximum atomic E-state index is 13.0. The summed E-state index contributed by atoms with van der Waals surface area (Å²) in [5, 5.41) is 9.78. The fraction of sp³-hybridized carbons (Fsp3) is 0.529. The second kappa shape index (κ2) is 10.5. The second-order valence-electron chi connectivity index (χ2n) is 6.62. The van der Waals surface area contributed by atoms with E-state index in [0.717, 1.165) is 0 Å². The van der Waals surface area contributed by atoms with Crippen LogP contribution in [-0.2, 0) is 21.8 Å². The Hall–Kier alpha value is -2.95. The Bertz CT molecular complexity index is 941. The lowest BCUT2D eigenvalue weighted by atomic mass is 10.0. The molecule has 34 heavy (non-hydrogen) atoms. The van der Waals surface area contributed by atoms with Crippen molar-refractivity contribution in [3.63, 3.8) is 0 Å². The van der Waals surface area contributed by atoms with Crippen LogP contribution in [0.2, 0.25) is 0 Å². The number of benzene rings is 1. The molecular weight excluding hydrogens is 493 g/mol. The number of nitrogens with zero attached hydrogens (tertiary/aromatic N) is 5. The summed E-state index contributed by atoms with van der Waals surface area (Å²) < 4.78 is 126. The van der Waals surface area contributed by atoms with Crippen LogP contribution in [0.1, 0.15) is 11.1 Å². The lowest BCUT2D eigenvalue weighted by Gasteiger charge is -2.22. The average Bonchev–Trinajstić information content (AvgIpc) is 3.20. The third-order valence-electron chi connectivity index (χ3n) is 4.01. The van der Waals surface area contributed by atoms with Crippen molar-refractivity contribution in [1.29, 1.82) is 0 Å². The van der Waals surface area contributed by atoms with Crippen LogP contribution in [0.15, 0.2) is 18.2 Å². The lowest BCUT2D eigenvalue weighted by molar-refractivity contribution is -0.143. The van der Waals surface area contributed by atoms with Crippen LogP contribution in [0.4, 0.5) is 44.3 Å². The molecule has 2 aromatic rings. The summed E-state index contributed by atoms with van der Waals surface area (Å²) >= 11 is 0. The number of halogens is 9. The van der Waals surface area contributed by atoms with E-state index in [9.17, 15) is 44.3 Å². The second-order valence-corrected chi connectivity index (χ2v) is 6.62. The molecule has 0 spiro atoms. The van der Waals surface area contributed by atoms with E-state index in [1.807, 2.05) is 0 Å². The first-order chi connectivity index (χ1) is 15.6. The van der Waals surface area contributed by atoms with Gasteiger partial charge >= 0.3 is 24.6 Å². The number of aromatic nitrogens is 4. The van der Waals surface area contributed by atoms with Crippen LogP contribution >= 0.6 is 0 Å². The van der Waals surface area contributed by atoms with Crippen molar-refractivity contribution in [2.24, 2.45) is 0 Å². The van der Waals surface area contributed by atoms with E-state index in [1.54, 1.807) is 0 Å². The Kier molecular flexibility index (Phi) is 8.46. The van der Waals surface area contributed by atoms with Crippen LogP contribution < -0.4 is 0 Å². The summed E-state index contributed by atoms with van der Waals surface area (Å²) in [4.78, 5) is 12.7. The molecule has 1 aromatic heterocycles. The third kappa shape index (κ3) is 7.82. The molecule has 0 saturated carbocycles. The molecule has 0 fully saturated rings. The molecule has 1 aromatic carbocycles. The first-order valence-corrected chi connectivity index (χ1v) is 9.14. The van der Waals surface area contributed by atoms with E-state index >= 15 is 0 Å². The van der Waals surface area contributed by atoms with Crippen LogP contribution in [0.3, 0.4) is 0 Å². The van der Waals surface area contributed by atoms with Gasteiger partial charge in [-0.2, -0.15) is 39.5 Å². The van der Waals surface area contributed by atoms with Crippen LogP contribution in [-0.4, -0.2) is 77.3 Å². The predicted molar refractivity (Wildman–Crippen MR) is 94.4 cm³/mol. The third-order valence-corrected chi connectivity index (χ3v) is 4.01. The van der Waals surface area contributed by atoms with Gasteiger partial charge in [-0.3, -0.25) is 0 Å². The standard InChI is InChI=1S/C17H16F9N5O3/c1-33-4-5-34-3-2-30(9-15(18,19)20)14(32)31-28-13(27-29-31)10-6-11(16(21,22)23)8-12(7-10)17(24,25)26/h6-8H,2-5,9H2,1H3. The lowest BCUT2D eigenvalue weighted by Crippen LogP contribution is -2.44. The molecule has 0 radical (unpaired) electrons. The van der Waals surface area contributed by atoms with Crippen molar-refractivity contribution in [3.8, 4) is 11.4 Å². The molecule has 1 heterocycles. The Morgan fingerprint density at radius 3 is 2.03 bits per heavy atom. The van der Waals surface area contributed by atoms with Crippen molar-refractivity contribution in [1.82, 2.24) is 25.1 Å². The zero-order chi connectivity index (χ0) is 25.7. The minimum absolute atomic E-state index is 0.0212. The molecule has 1 amide bonds. The van der Waals surface area contributed by atoms with Crippen molar-refractivity contribution in [2.45, 2.75) is 18.5 Å². The summed E-state index contributed by atoms with van der Waals surface area (Å²) in [6.07, 6.45) is -15.2. The zero-order valence-corrected chi connectivity index (χ0v) is 17.1. The number of hydrogen-bond donors (Lipinski definition) is 0. The molecule has 8 nitrogen and oxygen atoms in total. The van der Waals surface area contributed by atoms with E-state index in [-0.39, 0.29) is 47.7 Å². The van der Waals surface area contributed by atoms with Crippen molar-refractivity contribution in [2.75, 3.05) is 40.0 Å². The van der Waals surface area contributed by atoms with Gasteiger partial charge in [-0.1, -0.05) is 4.80 Å². The highest BCUT2D eigenvalue weighted by Gasteiger charge is 2.38. The summed E-state index contributed by atoms with van der Waals surface area (Å²) in [5.41, 5.74) is -4.15. The number of carbonyl (C=O) groups excluding carboxylic acids is 1. The summed E-state index contributed by atoms with van der Waals surface area (Å²) in [5.74, 6) is -0.840. The Morgan fingerprint density at radius 1 is 0.941 bits per heavy atom. The SMILES string of the molecule is COCCOCCN(CC(F)(F)F)C(=O)n1nnc(-c2cc(C(F)(F)F)cc(C(F)(F)F)c2)n1. The van der Waals surface area contributed by atoms with Gasteiger partial charge in [0.1, 0.15) is 6.54 Å².